The van der Waals surface area contributed by atoms with E-state index in [1.807, 2.05) is 6.07 Å². The minimum atomic E-state index is -0.0950. The molecule has 3 rings (SSSR count). The maximum atomic E-state index is 6.13. The molecule has 0 spiro atoms. The van der Waals surface area contributed by atoms with E-state index in [0.29, 0.717) is 41.4 Å². The van der Waals surface area contributed by atoms with Crippen LogP contribution < -0.4 is 5.73 Å². The smallest absolute Gasteiger partial charge is 0.233 e. The van der Waals surface area contributed by atoms with Gasteiger partial charge in [0.05, 0.1) is 19.1 Å². The van der Waals surface area contributed by atoms with Gasteiger partial charge >= 0.3 is 0 Å². The summed E-state index contributed by atoms with van der Waals surface area (Å²) in [6.07, 6.45) is 0.488. The first kappa shape index (κ1) is 13.8. The Morgan fingerprint density at radius 2 is 2.15 bits per heavy atom. The van der Waals surface area contributed by atoms with Gasteiger partial charge in [-0.05, 0) is 17.7 Å². The summed E-state index contributed by atoms with van der Waals surface area (Å²) >= 11 is 12.0. The Labute approximate surface area is 126 Å². The molecule has 1 saturated heterocycles. The van der Waals surface area contributed by atoms with Crippen LogP contribution in [0.4, 0.5) is 0 Å². The molecule has 0 aliphatic carbocycles. The number of rotatable bonds is 3. The lowest BCUT2D eigenvalue weighted by Crippen LogP contribution is -2.27. The van der Waals surface area contributed by atoms with Crippen LogP contribution in [-0.4, -0.2) is 29.4 Å². The van der Waals surface area contributed by atoms with E-state index in [0.717, 1.165) is 5.56 Å². The minimum absolute atomic E-state index is 0.0306. The first-order chi connectivity index (χ1) is 9.63. The molecule has 1 fully saturated rings. The van der Waals surface area contributed by atoms with Gasteiger partial charge in [0.1, 0.15) is 0 Å². The van der Waals surface area contributed by atoms with Gasteiger partial charge < -0.3 is 15.0 Å². The van der Waals surface area contributed by atoms with Crippen molar-refractivity contribution in [2.24, 2.45) is 5.73 Å². The van der Waals surface area contributed by atoms with Gasteiger partial charge in [-0.25, -0.2) is 0 Å². The highest BCUT2D eigenvalue weighted by Crippen LogP contribution is 2.25. The monoisotopic (exact) mass is 313 g/mol. The molecular weight excluding hydrogens is 301 g/mol. The molecule has 0 bridgehead atoms. The van der Waals surface area contributed by atoms with Crippen molar-refractivity contribution < 1.29 is 9.26 Å². The third kappa shape index (κ3) is 2.81. The van der Waals surface area contributed by atoms with Crippen molar-refractivity contribution in [2.45, 2.75) is 18.4 Å². The molecule has 0 radical (unpaired) electrons. The van der Waals surface area contributed by atoms with Crippen LogP contribution >= 0.6 is 23.2 Å². The molecule has 1 aromatic heterocycles. The van der Waals surface area contributed by atoms with Crippen molar-refractivity contribution in [1.82, 2.24) is 10.1 Å². The zero-order chi connectivity index (χ0) is 14.1. The van der Waals surface area contributed by atoms with Crippen molar-refractivity contribution >= 4 is 23.2 Å². The summed E-state index contributed by atoms with van der Waals surface area (Å²) in [5.74, 6) is 1.07. The van der Waals surface area contributed by atoms with Gasteiger partial charge in [-0.2, -0.15) is 4.98 Å². The molecule has 20 heavy (non-hydrogen) atoms. The Morgan fingerprint density at radius 3 is 2.85 bits per heavy atom. The van der Waals surface area contributed by atoms with E-state index in [9.17, 15) is 0 Å². The summed E-state index contributed by atoms with van der Waals surface area (Å²) in [6, 6.07) is 5.23. The van der Waals surface area contributed by atoms with Gasteiger partial charge in [-0.1, -0.05) is 34.4 Å². The number of nitrogens with two attached hydrogens (primary N) is 1. The zero-order valence-corrected chi connectivity index (χ0v) is 12.1. The Morgan fingerprint density at radius 1 is 1.30 bits per heavy atom. The van der Waals surface area contributed by atoms with E-state index in [-0.39, 0.29) is 12.0 Å². The molecule has 2 atom stereocenters. The van der Waals surface area contributed by atoms with Crippen LogP contribution in [0.3, 0.4) is 0 Å². The highest BCUT2D eigenvalue weighted by molar-refractivity contribution is 6.35. The number of benzene rings is 1. The van der Waals surface area contributed by atoms with Crippen molar-refractivity contribution in [2.75, 3.05) is 13.2 Å². The zero-order valence-electron chi connectivity index (χ0n) is 10.6. The normalized spacial score (nSPS) is 22.4. The van der Waals surface area contributed by atoms with Crippen molar-refractivity contribution in [3.05, 3.63) is 45.5 Å². The summed E-state index contributed by atoms with van der Waals surface area (Å²) in [5.41, 5.74) is 6.82. The van der Waals surface area contributed by atoms with Gasteiger partial charge in [-0.15, -0.1) is 0 Å². The third-order valence-electron chi connectivity index (χ3n) is 3.29. The molecule has 0 amide bonds. The Hall–Kier alpha value is -1.14. The quantitative estimate of drug-likeness (QED) is 0.941. The second-order valence-electron chi connectivity index (χ2n) is 4.77. The van der Waals surface area contributed by atoms with E-state index in [4.69, 9.17) is 38.2 Å². The average Bonchev–Trinajstić information content (AvgIpc) is 3.01. The van der Waals surface area contributed by atoms with Gasteiger partial charge in [-0.3, -0.25) is 0 Å². The van der Waals surface area contributed by atoms with Crippen molar-refractivity contribution in [3.63, 3.8) is 0 Å². The Balaban J connectivity index is 1.77. The van der Waals surface area contributed by atoms with Crippen LogP contribution in [0.25, 0.3) is 0 Å². The molecule has 0 saturated carbocycles. The summed E-state index contributed by atoms with van der Waals surface area (Å²) in [5, 5.41) is 5.15. The van der Waals surface area contributed by atoms with E-state index in [1.54, 1.807) is 12.1 Å². The molecule has 1 aliphatic heterocycles. The minimum Gasteiger partial charge on any atom is -0.379 e. The molecule has 2 N–H and O–H groups in total. The highest BCUT2D eigenvalue weighted by atomic mass is 35.5. The van der Waals surface area contributed by atoms with E-state index >= 15 is 0 Å². The summed E-state index contributed by atoms with van der Waals surface area (Å²) in [4.78, 5) is 4.37. The second-order valence-corrected chi connectivity index (χ2v) is 5.61. The van der Waals surface area contributed by atoms with E-state index in [1.165, 1.54) is 0 Å². The predicted molar refractivity (Wildman–Crippen MR) is 75.1 cm³/mol. The molecule has 7 heteroatoms. The number of ether oxygens (including phenoxy) is 1. The fourth-order valence-corrected chi connectivity index (χ4v) is 2.63. The van der Waals surface area contributed by atoms with Gasteiger partial charge in [0.25, 0.3) is 0 Å². The first-order valence-corrected chi connectivity index (χ1v) is 6.99. The van der Waals surface area contributed by atoms with Crippen molar-refractivity contribution in [3.8, 4) is 0 Å². The largest absolute Gasteiger partial charge is 0.379 e. The fourth-order valence-electron chi connectivity index (χ4n) is 2.15. The molecular formula is C13H13Cl2N3O2. The lowest BCUT2D eigenvalue weighted by molar-refractivity contribution is 0.187. The van der Waals surface area contributed by atoms with Gasteiger partial charge in [0, 0.05) is 22.5 Å². The van der Waals surface area contributed by atoms with E-state index < -0.39 is 0 Å². The summed E-state index contributed by atoms with van der Waals surface area (Å²) in [6.45, 7) is 1.04. The highest BCUT2D eigenvalue weighted by Gasteiger charge is 2.31. The van der Waals surface area contributed by atoms with Gasteiger partial charge in [0.15, 0.2) is 5.82 Å². The molecule has 2 unspecified atom stereocenters. The topological polar surface area (TPSA) is 74.2 Å². The molecule has 1 aliphatic rings. The number of halogens is 2. The van der Waals surface area contributed by atoms with Crippen LogP contribution in [0.15, 0.2) is 22.7 Å². The number of hydrogen-bond acceptors (Lipinski definition) is 5. The van der Waals surface area contributed by atoms with Crippen LogP contribution in [0.1, 0.15) is 23.2 Å². The number of nitrogens with zero attached hydrogens (tertiary/aromatic N) is 2. The van der Waals surface area contributed by atoms with Crippen LogP contribution in [0, 0.1) is 0 Å². The molecule has 2 aromatic rings. The average molecular weight is 314 g/mol. The molecule has 5 nitrogen and oxygen atoms in total. The molecule has 106 valence electrons. The predicted octanol–water partition coefficient (Wildman–Crippen LogP) is 2.41. The second kappa shape index (κ2) is 5.69. The van der Waals surface area contributed by atoms with Gasteiger partial charge in [0.2, 0.25) is 5.89 Å². The standard InChI is InChI=1S/C13H13Cl2N3O2/c14-8-2-1-7(10(15)4-8)3-12-17-13(20-18-12)9-5-19-6-11(9)16/h1-2,4,9,11H,3,5-6,16H2. The van der Waals surface area contributed by atoms with Crippen LogP contribution in [0.2, 0.25) is 10.0 Å². The molecule has 1 aromatic carbocycles. The Bertz CT molecular complexity index is 617. The maximum Gasteiger partial charge on any atom is 0.233 e. The summed E-state index contributed by atoms with van der Waals surface area (Å²) in [7, 11) is 0. The lowest BCUT2D eigenvalue weighted by Gasteiger charge is -2.06. The third-order valence-corrected chi connectivity index (χ3v) is 3.88. The SMILES string of the molecule is NC1COCC1c1nc(Cc2ccc(Cl)cc2Cl)no1. The first-order valence-electron chi connectivity index (χ1n) is 6.23. The Kier molecular flexibility index (Phi) is 3.94. The number of hydrogen-bond donors (Lipinski definition) is 1. The number of aromatic nitrogens is 2. The fraction of sp³-hybridized carbons (Fsp3) is 0.385. The van der Waals surface area contributed by atoms with Crippen molar-refractivity contribution in [1.29, 1.82) is 0 Å². The van der Waals surface area contributed by atoms with Crippen LogP contribution in [-0.2, 0) is 11.2 Å². The lowest BCUT2D eigenvalue weighted by atomic mass is 10.1. The maximum absolute atomic E-state index is 6.13. The molecule has 2 heterocycles. The van der Waals surface area contributed by atoms with Crippen LogP contribution in [0.5, 0.6) is 0 Å². The van der Waals surface area contributed by atoms with E-state index in [2.05, 4.69) is 10.1 Å². The summed E-state index contributed by atoms with van der Waals surface area (Å²) < 4.78 is 10.6.